The van der Waals surface area contributed by atoms with E-state index in [1.165, 1.54) is 23.4 Å². The molecule has 0 bridgehead atoms. The fourth-order valence-electron chi connectivity index (χ4n) is 2.78. The van der Waals surface area contributed by atoms with Crippen molar-refractivity contribution in [2.45, 2.75) is 17.9 Å². The first kappa shape index (κ1) is 17.6. The molecule has 0 saturated carbocycles. The Hall–Kier alpha value is -2.22. The van der Waals surface area contributed by atoms with Gasteiger partial charge in [0.25, 0.3) is 0 Å². The molecule has 1 saturated heterocycles. The van der Waals surface area contributed by atoms with Gasteiger partial charge in [0.05, 0.1) is 17.6 Å². The van der Waals surface area contributed by atoms with Gasteiger partial charge >= 0.3 is 0 Å². The van der Waals surface area contributed by atoms with Gasteiger partial charge in [-0.2, -0.15) is 4.31 Å². The van der Waals surface area contributed by atoms with Gasteiger partial charge in [-0.1, -0.05) is 30.3 Å². The molecule has 1 fully saturated rings. The summed E-state index contributed by atoms with van der Waals surface area (Å²) in [5, 5.41) is 2.62. The summed E-state index contributed by atoms with van der Waals surface area (Å²) in [6.07, 6.45) is -0.275. The lowest BCUT2D eigenvalue weighted by Gasteiger charge is -2.32. The summed E-state index contributed by atoms with van der Waals surface area (Å²) in [6, 6.07) is 15.8. The molecule has 0 radical (unpaired) electrons. The SMILES string of the molecule is CC(=O)Nc1ccc(S(=O)(=O)N2CCOC(c3ccccc3)C2)cc1. The lowest BCUT2D eigenvalue weighted by atomic mass is 10.1. The van der Waals surface area contributed by atoms with Crippen LogP contribution in [0, 0.1) is 0 Å². The van der Waals surface area contributed by atoms with E-state index in [9.17, 15) is 13.2 Å². The zero-order chi connectivity index (χ0) is 17.9. The number of ether oxygens (including phenoxy) is 1. The normalized spacial score (nSPS) is 18.7. The van der Waals surface area contributed by atoms with Crippen LogP contribution in [-0.4, -0.2) is 38.3 Å². The topological polar surface area (TPSA) is 75.7 Å². The van der Waals surface area contributed by atoms with Crippen LogP contribution in [0.15, 0.2) is 59.5 Å². The van der Waals surface area contributed by atoms with E-state index in [1.54, 1.807) is 12.1 Å². The molecule has 132 valence electrons. The Morgan fingerprint density at radius 3 is 2.44 bits per heavy atom. The van der Waals surface area contributed by atoms with Gasteiger partial charge in [0.15, 0.2) is 0 Å². The van der Waals surface area contributed by atoms with Gasteiger partial charge in [-0.05, 0) is 29.8 Å². The van der Waals surface area contributed by atoms with Crippen molar-refractivity contribution in [3.63, 3.8) is 0 Å². The van der Waals surface area contributed by atoms with E-state index in [-0.39, 0.29) is 23.5 Å². The summed E-state index contributed by atoms with van der Waals surface area (Å²) in [7, 11) is -3.61. The molecule has 1 amide bonds. The molecule has 1 atom stereocenters. The quantitative estimate of drug-likeness (QED) is 0.908. The first-order valence-corrected chi connectivity index (χ1v) is 9.45. The lowest BCUT2D eigenvalue weighted by molar-refractivity contribution is -0.114. The van der Waals surface area contributed by atoms with Crippen LogP contribution >= 0.6 is 0 Å². The van der Waals surface area contributed by atoms with Gasteiger partial charge in [0.1, 0.15) is 0 Å². The molecule has 1 aliphatic rings. The fraction of sp³-hybridized carbons (Fsp3) is 0.278. The standard InChI is InChI=1S/C18H20N2O4S/c1-14(21)19-16-7-9-17(10-8-16)25(22,23)20-11-12-24-18(13-20)15-5-3-2-4-6-15/h2-10,18H,11-13H2,1H3,(H,19,21). The lowest BCUT2D eigenvalue weighted by Crippen LogP contribution is -2.42. The van der Waals surface area contributed by atoms with Crippen molar-refractivity contribution in [2.24, 2.45) is 0 Å². The summed E-state index contributed by atoms with van der Waals surface area (Å²) >= 11 is 0. The summed E-state index contributed by atoms with van der Waals surface area (Å²) < 4.78 is 32.9. The predicted octanol–water partition coefficient (Wildman–Crippen LogP) is 2.41. The molecule has 0 spiro atoms. The predicted molar refractivity (Wildman–Crippen MR) is 94.6 cm³/mol. The Bertz CT molecular complexity index is 835. The fourth-order valence-corrected chi connectivity index (χ4v) is 4.20. The molecule has 1 N–H and O–H groups in total. The molecule has 1 unspecified atom stereocenters. The molecule has 1 aliphatic heterocycles. The summed E-state index contributed by atoms with van der Waals surface area (Å²) in [6.45, 7) is 2.35. The average molecular weight is 360 g/mol. The van der Waals surface area contributed by atoms with Gasteiger partial charge < -0.3 is 10.1 Å². The van der Waals surface area contributed by atoms with Crippen molar-refractivity contribution in [3.05, 3.63) is 60.2 Å². The minimum Gasteiger partial charge on any atom is -0.371 e. The minimum atomic E-state index is -3.61. The molecular weight excluding hydrogens is 340 g/mol. The van der Waals surface area contributed by atoms with Crippen LogP contribution in [0.25, 0.3) is 0 Å². The van der Waals surface area contributed by atoms with E-state index >= 15 is 0 Å². The van der Waals surface area contributed by atoms with Crippen LogP contribution in [0.3, 0.4) is 0 Å². The van der Waals surface area contributed by atoms with E-state index in [0.717, 1.165) is 5.56 Å². The number of nitrogens with zero attached hydrogens (tertiary/aromatic N) is 1. The third-order valence-electron chi connectivity index (χ3n) is 4.01. The Morgan fingerprint density at radius 1 is 1.12 bits per heavy atom. The smallest absolute Gasteiger partial charge is 0.243 e. The average Bonchev–Trinajstić information content (AvgIpc) is 2.62. The third-order valence-corrected chi connectivity index (χ3v) is 5.89. The van der Waals surface area contributed by atoms with Crippen LogP contribution in [0.1, 0.15) is 18.6 Å². The maximum absolute atomic E-state index is 12.9. The maximum atomic E-state index is 12.9. The van der Waals surface area contributed by atoms with Crippen molar-refractivity contribution in [3.8, 4) is 0 Å². The largest absolute Gasteiger partial charge is 0.371 e. The van der Waals surface area contributed by atoms with Crippen molar-refractivity contribution >= 4 is 21.6 Å². The number of hydrogen-bond acceptors (Lipinski definition) is 4. The van der Waals surface area contributed by atoms with Gasteiger partial charge in [0, 0.05) is 25.7 Å². The summed E-state index contributed by atoms with van der Waals surface area (Å²) in [4.78, 5) is 11.3. The minimum absolute atomic E-state index is 0.200. The van der Waals surface area contributed by atoms with Gasteiger partial charge in [-0.15, -0.1) is 0 Å². The number of sulfonamides is 1. The van der Waals surface area contributed by atoms with Crippen LogP contribution in [0.2, 0.25) is 0 Å². The first-order valence-electron chi connectivity index (χ1n) is 8.01. The van der Waals surface area contributed by atoms with Crippen molar-refractivity contribution in [1.29, 1.82) is 0 Å². The Morgan fingerprint density at radius 2 is 1.80 bits per heavy atom. The second-order valence-electron chi connectivity index (χ2n) is 5.84. The van der Waals surface area contributed by atoms with E-state index in [2.05, 4.69) is 5.32 Å². The molecular formula is C18H20N2O4S. The Balaban J connectivity index is 1.78. The van der Waals surface area contributed by atoms with Crippen molar-refractivity contribution in [1.82, 2.24) is 4.31 Å². The number of carbonyl (C=O) groups is 1. The Kier molecular flexibility index (Phi) is 5.17. The molecule has 0 aliphatic carbocycles. The zero-order valence-corrected chi connectivity index (χ0v) is 14.7. The van der Waals surface area contributed by atoms with Crippen molar-refractivity contribution < 1.29 is 17.9 Å². The number of hydrogen-bond donors (Lipinski definition) is 1. The molecule has 2 aromatic carbocycles. The number of carbonyl (C=O) groups excluding carboxylic acids is 1. The number of anilines is 1. The second kappa shape index (κ2) is 7.35. The van der Waals surface area contributed by atoms with E-state index in [1.807, 2.05) is 30.3 Å². The third kappa shape index (κ3) is 4.07. The van der Waals surface area contributed by atoms with Crippen molar-refractivity contribution in [2.75, 3.05) is 25.0 Å². The highest BCUT2D eigenvalue weighted by Crippen LogP contribution is 2.26. The second-order valence-corrected chi connectivity index (χ2v) is 7.78. The molecule has 0 aromatic heterocycles. The van der Waals surface area contributed by atoms with Crippen LogP contribution in [-0.2, 0) is 19.6 Å². The highest BCUT2D eigenvalue weighted by molar-refractivity contribution is 7.89. The number of rotatable bonds is 4. The van der Waals surface area contributed by atoms with Crippen LogP contribution in [0.4, 0.5) is 5.69 Å². The first-order chi connectivity index (χ1) is 12.0. The number of morpholine rings is 1. The highest BCUT2D eigenvalue weighted by atomic mass is 32.2. The molecule has 7 heteroatoms. The number of benzene rings is 2. The highest BCUT2D eigenvalue weighted by Gasteiger charge is 2.31. The molecule has 25 heavy (non-hydrogen) atoms. The van der Waals surface area contributed by atoms with E-state index in [4.69, 9.17) is 4.74 Å². The zero-order valence-electron chi connectivity index (χ0n) is 13.9. The number of nitrogens with one attached hydrogen (secondary N) is 1. The maximum Gasteiger partial charge on any atom is 0.243 e. The molecule has 1 heterocycles. The summed E-state index contributed by atoms with van der Waals surface area (Å²) in [5.41, 5.74) is 1.53. The molecule has 6 nitrogen and oxygen atoms in total. The van der Waals surface area contributed by atoms with Crippen LogP contribution in [0.5, 0.6) is 0 Å². The van der Waals surface area contributed by atoms with Gasteiger partial charge in [0.2, 0.25) is 15.9 Å². The van der Waals surface area contributed by atoms with Gasteiger partial charge in [-0.3, -0.25) is 4.79 Å². The van der Waals surface area contributed by atoms with Gasteiger partial charge in [-0.25, -0.2) is 8.42 Å². The number of amides is 1. The summed E-state index contributed by atoms with van der Waals surface area (Å²) in [5.74, 6) is -0.200. The monoisotopic (exact) mass is 360 g/mol. The van der Waals surface area contributed by atoms with Crippen LogP contribution < -0.4 is 5.32 Å². The molecule has 3 rings (SSSR count). The Labute approximate surface area is 147 Å². The van der Waals surface area contributed by atoms with E-state index < -0.39 is 10.0 Å². The van der Waals surface area contributed by atoms with E-state index in [0.29, 0.717) is 18.8 Å². The molecule has 2 aromatic rings.